The first-order valence-corrected chi connectivity index (χ1v) is 5.95. The third-order valence-corrected chi connectivity index (χ3v) is 3.12. The third kappa shape index (κ3) is 2.10. The average molecular weight is 214 g/mol. The summed E-state index contributed by atoms with van der Waals surface area (Å²) in [5, 5.41) is 12.0. The van der Waals surface area contributed by atoms with Gasteiger partial charge < -0.3 is 5.11 Å². The van der Waals surface area contributed by atoms with E-state index in [2.05, 4.69) is 49.4 Å². The summed E-state index contributed by atoms with van der Waals surface area (Å²) in [4.78, 5) is 0. The molecule has 0 saturated heterocycles. The van der Waals surface area contributed by atoms with Gasteiger partial charge in [0.25, 0.3) is 0 Å². The van der Waals surface area contributed by atoms with Crippen molar-refractivity contribution in [3.05, 3.63) is 48.0 Å². The molecule has 0 radical (unpaired) electrons. The van der Waals surface area contributed by atoms with Gasteiger partial charge in [0.2, 0.25) is 0 Å². The van der Waals surface area contributed by atoms with Crippen LogP contribution in [0.1, 0.15) is 31.2 Å². The SMILES string of the molecule is CCC[C@@H](CO)c1cccc2ccccc12. The standard InChI is InChI=1S/C15H18O/c1-2-6-13(11-16)15-10-5-8-12-7-3-4-9-14(12)15/h3-5,7-10,13,16H,2,6,11H2,1H3/t13-/m0/s1. The maximum atomic E-state index is 9.47. The lowest BCUT2D eigenvalue weighted by atomic mass is 9.91. The van der Waals surface area contributed by atoms with Crippen LogP contribution in [0.25, 0.3) is 10.8 Å². The molecule has 1 heteroatoms. The van der Waals surface area contributed by atoms with Crippen molar-refractivity contribution < 1.29 is 5.11 Å². The molecule has 0 unspecified atom stereocenters. The van der Waals surface area contributed by atoms with Crippen LogP contribution in [-0.2, 0) is 0 Å². The molecule has 0 bridgehead atoms. The van der Waals surface area contributed by atoms with E-state index in [-0.39, 0.29) is 12.5 Å². The number of hydrogen-bond donors (Lipinski definition) is 1. The number of benzene rings is 2. The fraction of sp³-hybridized carbons (Fsp3) is 0.333. The van der Waals surface area contributed by atoms with Crippen LogP contribution in [0.2, 0.25) is 0 Å². The van der Waals surface area contributed by atoms with Gasteiger partial charge in [-0.3, -0.25) is 0 Å². The molecule has 84 valence electrons. The monoisotopic (exact) mass is 214 g/mol. The Morgan fingerprint density at radius 2 is 1.81 bits per heavy atom. The highest BCUT2D eigenvalue weighted by atomic mass is 16.3. The van der Waals surface area contributed by atoms with E-state index in [0.717, 1.165) is 12.8 Å². The summed E-state index contributed by atoms with van der Waals surface area (Å²) in [6.45, 7) is 2.40. The van der Waals surface area contributed by atoms with Gasteiger partial charge in [0, 0.05) is 12.5 Å². The lowest BCUT2D eigenvalue weighted by molar-refractivity contribution is 0.259. The van der Waals surface area contributed by atoms with E-state index < -0.39 is 0 Å². The number of hydrogen-bond acceptors (Lipinski definition) is 1. The Balaban J connectivity index is 2.50. The van der Waals surface area contributed by atoms with E-state index in [0.29, 0.717) is 0 Å². The Morgan fingerprint density at radius 3 is 2.56 bits per heavy atom. The van der Waals surface area contributed by atoms with Crippen molar-refractivity contribution in [2.24, 2.45) is 0 Å². The van der Waals surface area contributed by atoms with Gasteiger partial charge in [0.1, 0.15) is 0 Å². The molecule has 0 fully saturated rings. The summed E-state index contributed by atoms with van der Waals surface area (Å²) in [6.07, 6.45) is 2.15. The number of aliphatic hydroxyl groups is 1. The van der Waals surface area contributed by atoms with Gasteiger partial charge in [0.15, 0.2) is 0 Å². The molecule has 2 aromatic rings. The largest absolute Gasteiger partial charge is 0.396 e. The summed E-state index contributed by atoms with van der Waals surface area (Å²) in [5.74, 6) is 0.274. The summed E-state index contributed by atoms with van der Waals surface area (Å²) in [7, 11) is 0. The van der Waals surface area contributed by atoms with Gasteiger partial charge >= 0.3 is 0 Å². The molecule has 0 heterocycles. The molecule has 0 spiro atoms. The van der Waals surface area contributed by atoms with Gasteiger partial charge in [0.05, 0.1) is 0 Å². The zero-order chi connectivity index (χ0) is 11.4. The Morgan fingerprint density at radius 1 is 1.06 bits per heavy atom. The molecule has 0 amide bonds. The van der Waals surface area contributed by atoms with Crippen LogP contribution in [0.5, 0.6) is 0 Å². The van der Waals surface area contributed by atoms with Crippen LogP contribution in [0.4, 0.5) is 0 Å². The molecule has 2 aromatic carbocycles. The number of aliphatic hydroxyl groups excluding tert-OH is 1. The zero-order valence-corrected chi connectivity index (χ0v) is 9.69. The fourth-order valence-electron chi connectivity index (χ4n) is 2.30. The second kappa shape index (κ2) is 5.13. The van der Waals surface area contributed by atoms with Crippen LogP contribution >= 0.6 is 0 Å². The van der Waals surface area contributed by atoms with Crippen molar-refractivity contribution in [1.29, 1.82) is 0 Å². The molecule has 0 saturated carbocycles. The van der Waals surface area contributed by atoms with Crippen molar-refractivity contribution in [2.75, 3.05) is 6.61 Å². The summed E-state index contributed by atoms with van der Waals surface area (Å²) in [5.41, 5.74) is 1.28. The second-order valence-corrected chi connectivity index (χ2v) is 4.24. The van der Waals surface area contributed by atoms with E-state index in [1.165, 1.54) is 16.3 Å². The highest BCUT2D eigenvalue weighted by Crippen LogP contribution is 2.28. The van der Waals surface area contributed by atoms with Crippen LogP contribution in [0.3, 0.4) is 0 Å². The molecule has 1 nitrogen and oxygen atoms in total. The number of rotatable bonds is 4. The van der Waals surface area contributed by atoms with Crippen molar-refractivity contribution in [2.45, 2.75) is 25.7 Å². The maximum Gasteiger partial charge on any atom is 0.0499 e. The smallest absolute Gasteiger partial charge is 0.0499 e. The molecule has 1 atom stereocenters. The Kier molecular flexibility index (Phi) is 3.58. The molecule has 0 aliphatic carbocycles. The predicted molar refractivity (Wildman–Crippen MR) is 68.7 cm³/mol. The average Bonchev–Trinajstić information content (AvgIpc) is 2.35. The van der Waals surface area contributed by atoms with Gasteiger partial charge in [-0.25, -0.2) is 0 Å². The van der Waals surface area contributed by atoms with Crippen LogP contribution < -0.4 is 0 Å². The molecular formula is C15H18O. The summed E-state index contributed by atoms with van der Waals surface area (Å²) < 4.78 is 0. The summed E-state index contributed by atoms with van der Waals surface area (Å²) in [6, 6.07) is 14.7. The lowest BCUT2D eigenvalue weighted by Gasteiger charge is -2.16. The summed E-state index contributed by atoms with van der Waals surface area (Å²) >= 11 is 0. The molecule has 0 aliphatic heterocycles. The van der Waals surface area contributed by atoms with Crippen LogP contribution in [-0.4, -0.2) is 11.7 Å². The topological polar surface area (TPSA) is 20.2 Å². The Hall–Kier alpha value is -1.34. The minimum absolute atomic E-state index is 0.238. The maximum absolute atomic E-state index is 9.47. The van der Waals surface area contributed by atoms with Crippen molar-refractivity contribution in [3.8, 4) is 0 Å². The fourth-order valence-corrected chi connectivity index (χ4v) is 2.30. The van der Waals surface area contributed by atoms with E-state index in [1.807, 2.05) is 0 Å². The van der Waals surface area contributed by atoms with E-state index >= 15 is 0 Å². The van der Waals surface area contributed by atoms with E-state index in [4.69, 9.17) is 0 Å². The molecule has 0 aromatic heterocycles. The quantitative estimate of drug-likeness (QED) is 0.822. The van der Waals surface area contributed by atoms with Crippen molar-refractivity contribution in [1.82, 2.24) is 0 Å². The van der Waals surface area contributed by atoms with Gasteiger partial charge in [-0.2, -0.15) is 0 Å². The highest BCUT2D eigenvalue weighted by Gasteiger charge is 2.11. The molecular weight excluding hydrogens is 196 g/mol. The Bertz CT molecular complexity index is 456. The van der Waals surface area contributed by atoms with Gasteiger partial charge in [-0.05, 0) is 22.8 Å². The molecule has 16 heavy (non-hydrogen) atoms. The first-order chi connectivity index (χ1) is 7.86. The highest BCUT2D eigenvalue weighted by molar-refractivity contribution is 5.86. The lowest BCUT2D eigenvalue weighted by Crippen LogP contribution is -2.04. The third-order valence-electron chi connectivity index (χ3n) is 3.12. The normalized spacial score (nSPS) is 12.9. The number of fused-ring (bicyclic) bond motifs is 1. The molecule has 0 aliphatic rings. The molecule has 2 rings (SSSR count). The second-order valence-electron chi connectivity index (χ2n) is 4.24. The van der Waals surface area contributed by atoms with Gasteiger partial charge in [-0.15, -0.1) is 0 Å². The van der Waals surface area contributed by atoms with Crippen molar-refractivity contribution in [3.63, 3.8) is 0 Å². The van der Waals surface area contributed by atoms with E-state index in [1.54, 1.807) is 0 Å². The minimum Gasteiger partial charge on any atom is -0.396 e. The molecule has 1 N–H and O–H groups in total. The van der Waals surface area contributed by atoms with Crippen LogP contribution in [0.15, 0.2) is 42.5 Å². The first-order valence-electron chi connectivity index (χ1n) is 5.95. The van der Waals surface area contributed by atoms with Gasteiger partial charge in [-0.1, -0.05) is 55.8 Å². The predicted octanol–water partition coefficient (Wildman–Crippen LogP) is 3.72. The zero-order valence-electron chi connectivity index (χ0n) is 9.69. The minimum atomic E-state index is 0.238. The first kappa shape index (κ1) is 11.2. The Labute approximate surface area is 96.7 Å². The van der Waals surface area contributed by atoms with Crippen LogP contribution in [0, 0.1) is 0 Å². The van der Waals surface area contributed by atoms with E-state index in [9.17, 15) is 5.11 Å². The van der Waals surface area contributed by atoms with Crippen molar-refractivity contribution >= 4 is 10.8 Å².